The van der Waals surface area contributed by atoms with Gasteiger partial charge in [-0.3, -0.25) is 9.78 Å². The van der Waals surface area contributed by atoms with Crippen LogP contribution in [0.25, 0.3) is 0 Å². The van der Waals surface area contributed by atoms with Gasteiger partial charge in [0.05, 0.1) is 0 Å². The van der Waals surface area contributed by atoms with E-state index in [1.165, 1.54) is 18.2 Å². The predicted octanol–water partition coefficient (Wildman–Crippen LogP) is 2.38. The van der Waals surface area contributed by atoms with Gasteiger partial charge in [-0.25, -0.2) is 9.18 Å². The molecule has 14 heavy (non-hydrogen) atoms. The first-order valence-electron chi connectivity index (χ1n) is 4.27. The Kier molecular flexibility index (Phi) is 3.45. The summed E-state index contributed by atoms with van der Waals surface area (Å²) in [5, 5.41) is 0. The van der Waals surface area contributed by atoms with Crippen molar-refractivity contribution in [3.63, 3.8) is 0 Å². The maximum Gasteiger partial charge on any atom is 0.355 e. The molecule has 0 aliphatic rings. The third-order valence-electron chi connectivity index (χ3n) is 1.65. The van der Waals surface area contributed by atoms with Crippen LogP contribution >= 0.6 is 0 Å². The minimum atomic E-state index is -0.464. The summed E-state index contributed by atoms with van der Waals surface area (Å²) in [5.74, 6) is -0.474. The summed E-state index contributed by atoms with van der Waals surface area (Å²) >= 11 is 0. The van der Waals surface area contributed by atoms with Crippen molar-refractivity contribution < 1.29 is 19.0 Å². The van der Waals surface area contributed by atoms with Gasteiger partial charge in [0, 0.05) is 6.42 Å². The van der Waals surface area contributed by atoms with E-state index in [4.69, 9.17) is 4.89 Å². The largest absolute Gasteiger partial charge is 0.355 e. The molecule has 0 aliphatic carbocycles. The average molecular weight is 198 g/mol. The molecule has 1 rings (SSSR count). The molecule has 0 saturated carbocycles. The Labute approximate surface area is 81.4 Å². The molecule has 0 saturated heterocycles. The van der Waals surface area contributed by atoms with Crippen LogP contribution < -0.4 is 4.89 Å². The van der Waals surface area contributed by atoms with Gasteiger partial charge in [0.15, 0.2) is 5.75 Å². The summed E-state index contributed by atoms with van der Waals surface area (Å²) in [6, 6.07) is 3.95. The van der Waals surface area contributed by atoms with Crippen LogP contribution in [0.15, 0.2) is 18.2 Å². The quantitative estimate of drug-likeness (QED) is 0.552. The minimum Gasteiger partial charge on any atom is -0.287 e. The Bertz CT molecular complexity index is 336. The molecule has 3 nitrogen and oxygen atoms in total. The number of benzene rings is 1. The fourth-order valence-electron chi connectivity index (χ4n) is 0.857. The fraction of sp³-hybridized carbons (Fsp3) is 0.300. The molecule has 76 valence electrons. The average Bonchev–Trinajstić information content (AvgIpc) is 2.16. The first-order chi connectivity index (χ1) is 6.63. The maximum absolute atomic E-state index is 12.6. The minimum absolute atomic E-state index is 0.236. The van der Waals surface area contributed by atoms with Crippen molar-refractivity contribution in [1.29, 1.82) is 0 Å². The van der Waals surface area contributed by atoms with Crippen molar-refractivity contribution in [2.24, 2.45) is 0 Å². The molecule has 0 aliphatic heterocycles. The Morgan fingerprint density at radius 1 is 1.50 bits per heavy atom. The summed E-state index contributed by atoms with van der Waals surface area (Å²) in [7, 11) is 0. The lowest BCUT2D eigenvalue weighted by Crippen LogP contribution is -2.06. The number of hydrogen-bond donors (Lipinski definition) is 0. The standard InChI is InChI=1S/C10H11FO3/c1-3-10(12)14-13-9-5-4-8(11)6-7(9)2/h4-6H,3H2,1-2H3. The molecule has 0 spiro atoms. The van der Waals surface area contributed by atoms with E-state index in [0.717, 1.165) is 0 Å². The van der Waals surface area contributed by atoms with Gasteiger partial charge in [-0.1, -0.05) is 6.92 Å². The highest BCUT2D eigenvalue weighted by molar-refractivity contribution is 5.68. The molecule has 0 radical (unpaired) electrons. The lowest BCUT2D eigenvalue weighted by Gasteiger charge is -2.05. The molecule has 0 bridgehead atoms. The molecule has 0 unspecified atom stereocenters. The third-order valence-corrected chi connectivity index (χ3v) is 1.65. The Morgan fingerprint density at radius 2 is 2.21 bits per heavy atom. The Morgan fingerprint density at radius 3 is 2.79 bits per heavy atom. The Hall–Kier alpha value is -1.58. The van der Waals surface area contributed by atoms with E-state index in [-0.39, 0.29) is 12.2 Å². The summed E-state index contributed by atoms with van der Waals surface area (Å²) in [4.78, 5) is 19.9. The zero-order valence-electron chi connectivity index (χ0n) is 8.04. The van der Waals surface area contributed by atoms with E-state index in [1.807, 2.05) is 0 Å². The van der Waals surface area contributed by atoms with E-state index in [0.29, 0.717) is 11.3 Å². The Balaban J connectivity index is 2.63. The van der Waals surface area contributed by atoms with Gasteiger partial charge in [-0.15, -0.1) is 0 Å². The van der Waals surface area contributed by atoms with Gasteiger partial charge in [0.25, 0.3) is 0 Å². The van der Waals surface area contributed by atoms with E-state index in [2.05, 4.69) is 4.89 Å². The highest BCUT2D eigenvalue weighted by Gasteiger charge is 2.05. The molecule has 4 heteroatoms. The lowest BCUT2D eigenvalue weighted by molar-refractivity contribution is -0.213. The molecule has 0 N–H and O–H groups in total. The smallest absolute Gasteiger partial charge is 0.287 e. The number of carbonyl (C=O) groups excluding carboxylic acids is 1. The van der Waals surface area contributed by atoms with Crippen LogP contribution in [0.3, 0.4) is 0 Å². The van der Waals surface area contributed by atoms with Gasteiger partial charge >= 0.3 is 5.97 Å². The first-order valence-corrected chi connectivity index (χ1v) is 4.27. The summed E-state index contributed by atoms with van der Waals surface area (Å²) in [6.07, 6.45) is 0.236. The monoisotopic (exact) mass is 198 g/mol. The molecule has 0 amide bonds. The van der Waals surface area contributed by atoms with E-state index in [9.17, 15) is 9.18 Å². The van der Waals surface area contributed by atoms with Crippen molar-refractivity contribution in [2.75, 3.05) is 0 Å². The summed E-state index contributed by atoms with van der Waals surface area (Å²) in [6.45, 7) is 3.32. The highest BCUT2D eigenvalue weighted by atomic mass is 19.1. The van der Waals surface area contributed by atoms with Crippen LogP contribution in [0.2, 0.25) is 0 Å². The van der Waals surface area contributed by atoms with Crippen LogP contribution in [0, 0.1) is 12.7 Å². The fourth-order valence-corrected chi connectivity index (χ4v) is 0.857. The number of hydrogen-bond acceptors (Lipinski definition) is 3. The second-order valence-corrected chi connectivity index (χ2v) is 2.80. The number of halogens is 1. The zero-order chi connectivity index (χ0) is 10.6. The van der Waals surface area contributed by atoms with Gasteiger partial charge in [0.2, 0.25) is 0 Å². The molecule has 1 aromatic carbocycles. The predicted molar refractivity (Wildman–Crippen MR) is 48.1 cm³/mol. The van der Waals surface area contributed by atoms with Crippen LogP contribution in [0.4, 0.5) is 4.39 Å². The SMILES string of the molecule is CCC(=O)OOc1ccc(F)cc1C. The first kappa shape index (κ1) is 10.5. The molecule has 0 atom stereocenters. The van der Waals surface area contributed by atoms with Crippen LogP contribution in [-0.4, -0.2) is 5.97 Å². The van der Waals surface area contributed by atoms with Crippen LogP contribution in [0.5, 0.6) is 5.75 Å². The number of aryl methyl sites for hydroxylation is 1. The number of carbonyl (C=O) groups is 1. The highest BCUT2D eigenvalue weighted by Crippen LogP contribution is 2.18. The molecule has 0 fully saturated rings. The van der Waals surface area contributed by atoms with Crippen molar-refractivity contribution in [3.8, 4) is 5.75 Å². The normalized spacial score (nSPS) is 9.64. The van der Waals surface area contributed by atoms with Gasteiger partial charge in [0.1, 0.15) is 5.82 Å². The topological polar surface area (TPSA) is 35.5 Å². The zero-order valence-corrected chi connectivity index (χ0v) is 8.04. The van der Waals surface area contributed by atoms with Crippen molar-refractivity contribution >= 4 is 5.97 Å². The lowest BCUT2D eigenvalue weighted by atomic mass is 10.2. The molecule has 0 heterocycles. The summed E-state index contributed by atoms with van der Waals surface area (Å²) in [5.41, 5.74) is 0.578. The van der Waals surface area contributed by atoms with Crippen LogP contribution in [0.1, 0.15) is 18.9 Å². The van der Waals surface area contributed by atoms with E-state index in [1.54, 1.807) is 13.8 Å². The van der Waals surface area contributed by atoms with Crippen molar-refractivity contribution in [3.05, 3.63) is 29.6 Å². The second-order valence-electron chi connectivity index (χ2n) is 2.80. The van der Waals surface area contributed by atoms with Gasteiger partial charge in [-0.2, -0.15) is 0 Å². The summed E-state index contributed by atoms with van der Waals surface area (Å²) < 4.78 is 12.6. The molecular weight excluding hydrogens is 187 g/mol. The van der Waals surface area contributed by atoms with Crippen molar-refractivity contribution in [1.82, 2.24) is 0 Å². The third kappa shape index (κ3) is 2.73. The molecule has 1 aromatic rings. The second kappa shape index (κ2) is 4.60. The van der Waals surface area contributed by atoms with Gasteiger partial charge in [-0.05, 0) is 30.7 Å². The van der Waals surface area contributed by atoms with E-state index < -0.39 is 5.97 Å². The maximum atomic E-state index is 12.6. The van der Waals surface area contributed by atoms with Crippen LogP contribution in [-0.2, 0) is 9.68 Å². The number of rotatable bonds is 3. The van der Waals surface area contributed by atoms with E-state index >= 15 is 0 Å². The van der Waals surface area contributed by atoms with Crippen molar-refractivity contribution in [2.45, 2.75) is 20.3 Å². The molecule has 0 aromatic heterocycles. The van der Waals surface area contributed by atoms with Gasteiger partial charge < -0.3 is 0 Å². The molecular formula is C10H11FO3.